The third-order valence-corrected chi connectivity index (χ3v) is 2.12. The minimum Gasteiger partial charge on any atom is -0.391 e. The second-order valence-corrected chi connectivity index (χ2v) is 3.58. The first kappa shape index (κ1) is 12.2. The van der Waals surface area contributed by atoms with E-state index in [-0.39, 0.29) is 5.88 Å². The first-order valence-electron chi connectivity index (χ1n) is 4.87. The molecule has 1 aromatic rings. The number of carbonyl (C=O) groups is 1. The van der Waals surface area contributed by atoms with Crippen molar-refractivity contribution in [3.8, 4) is 5.88 Å². The van der Waals surface area contributed by atoms with Crippen molar-refractivity contribution in [2.24, 2.45) is 0 Å². The average Bonchev–Trinajstić information content (AvgIpc) is 2.24. The Hall–Kier alpha value is -1.85. The van der Waals surface area contributed by atoms with Gasteiger partial charge in [0.15, 0.2) is 0 Å². The van der Waals surface area contributed by atoms with E-state index in [4.69, 9.17) is 4.74 Å². The van der Waals surface area contributed by atoms with E-state index in [0.29, 0.717) is 5.95 Å². The third-order valence-electron chi connectivity index (χ3n) is 2.12. The van der Waals surface area contributed by atoms with Crippen LogP contribution in [0.5, 0.6) is 5.88 Å². The summed E-state index contributed by atoms with van der Waals surface area (Å²) in [4.78, 5) is 21.0. The van der Waals surface area contributed by atoms with Crippen molar-refractivity contribution in [2.45, 2.75) is 13.8 Å². The quantitative estimate of drug-likeness (QED) is 0.817. The molecule has 0 aliphatic carbocycles. The fraction of sp³-hybridized carbons (Fsp3) is 0.500. The van der Waals surface area contributed by atoms with E-state index in [0.717, 1.165) is 11.3 Å². The first-order chi connectivity index (χ1) is 7.45. The Labute approximate surface area is 94.6 Å². The van der Waals surface area contributed by atoms with Crippen molar-refractivity contribution >= 4 is 12.0 Å². The lowest BCUT2D eigenvalue weighted by Crippen LogP contribution is -2.26. The third kappa shape index (κ3) is 2.59. The number of ether oxygens (including phenoxy) is 1. The highest BCUT2D eigenvalue weighted by molar-refractivity contribution is 5.70. The Morgan fingerprint density at radius 3 is 2.44 bits per heavy atom. The number of carbonyl (C=O) groups excluding carboxylic acids is 1. The van der Waals surface area contributed by atoms with Gasteiger partial charge in [-0.1, -0.05) is 0 Å². The van der Waals surface area contributed by atoms with E-state index in [1.807, 2.05) is 13.8 Å². The van der Waals surface area contributed by atoms with Gasteiger partial charge in [-0.3, -0.25) is 0 Å². The summed E-state index contributed by atoms with van der Waals surface area (Å²) in [6, 6.07) is 0. The van der Waals surface area contributed by atoms with Crippen LogP contribution in [0.15, 0.2) is 0 Å². The molecule has 0 saturated carbocycles. The van der Waals surface area contributed by atoms with Gasteiger partial charge in [-0.25, -0.2) is 9.78 Å². The molecule has 1 heterocycles. The van der Waals surface area contributed by atoms with Crippen molar-refractivity contribution in [2.75, 3.05) is 26.5 Å². The van der Waals surface area contributed by atoms with Crippen molar-refractivity contribution < 1.29 is 9.53 Å². The first-order valence-corrected chi connectivity index (χ1v) is 4.87. The molecule has 16 heavy (non-hydrogen) atoms. The zero-order valence-corrected chi connectivity index (χ0v) is 10.2. The summed E-state index contributed by atoms with van der Waals surface area (Å²) in [6.07, 6.45) is -0.455. The van der Waals surface area contributed by atoms with Gasteiger partial charge in [-0.15, -0.1) is 0 Å². The number of hydrogen-bond acceptors (Lipinski definition) is 5. The Morgan fingerprint density at radius 2 is 1.94 bits per heavy atom. The van der Waals surface area contributed by atoms with Crippen LogP contribution in [0.1, 0.15) is 11.3 Å². The van der Waals surface area contributed by atoms with Crippen molar-refractivity contribution in [3.05, 3.63) is 11.3 Å². The second kappa shape index (κ2) is 4.78. The van der Waals surface area contributed by atoms with Gasteiger partial charge in [0.2, 0.25) is 11.8 Å². The van der Waals surface area contributed by atoms with Gasteiger partial charge in [-0.05, 0) is 13.8 Å². The van der Waals surface area contributed by atoms with E-state index >= 15 is 0 Å². The van der Waals surface area contributed by atoms with E-state index in [9.17, 15) is 4.79 Å². The molecule has 0 aliphatic heterocycles. The van der Waals surface area contributed by atoms with Gasteiger partial charge in [0, 0.05) is 32.4 Å². The summed E-state index contributed by atoms with van der Waals surface area (Å²) in [7, 11) is 4.94. The molecule has 88 valence electrons. The summed E-state index contributed by atoms with van der Waals surface area (Å²) in [6.45, 7) is 3.65. The van der Waals surface area contributed by atoms with E-state index < -0.39 is 6.09 Å². The Balaban J connectivity index is 3.03. The minimum absolute atomic E-state index is 0.288. The lowest BCUT2D eigenvalue weighted by molar-refractivity contribution is 0.169. The number of anilines is 1. The molecule has 0 atom stereocenters. The van der Waals surface area contributed by atoms with E-state index in [1.165, 1.54) is 4.90 Å². The maximum atomic E-state index is 11.4. The number of hydrogen-bond donors (Lipinski definition) is 1. The number of nitrogens with zero attached hydrogens (tertiary/aromatic N) is 3. The molecule has 1 amide bonds. The molecule has 0 saturated heterocycles. The highest BCUT2D eigenvalue weighted by atomic mass is 16.6. The maximum Gasteiger partial charge on any atom is 0.416 e. The van der Waals surface area contributed by atoms with Crippen LogP contribution in [0.25, 0.3) is 0 Å². The van der Waals surface area contributed by atoms with Crippen LogP contribution in [0, 0.1) is 13.8 Å². The van der Waals surface area contributed by atoms with E-state index in [2.05, 4.69) is 15.3 Å². The summed E-state index contributed by atoms with van der Waals surface area (Å²) in [5, 5.41) is 2.81. The molecule has 0 spiro atoms. The number of nitrogens with one attached hydrogen (secondary N) is 1. The normalized spacial score (nSPS) is 9.81. The molecule has 0 radical (unpaired) electrons. The SMILES string of the molecule is CNc1nc(C)c(C)c(OC(=O)N(C)C)n1. The number of amides is 1. The van der Waals surface area contributed by atoms with Crippen LogP contribution < -0.4 is 10.1 Å². The standard InChI is InChI=1S/C10H16N4O2/c1-6-7(2)12-9(11-3)13-8(6)16-10(15)14(4)5/h1-5H3,(H,11,12,13). The van der Waals surface area contributed by atoms with Gasteiger partial charge >= 0.3 is 6.09 Å². The second-order valence-electron chi connectivity index (χ2n) is 3.58. The fourth-order valence-electron chi connectivity index (χ4n) is 0.988. The summed E-state index contributed by atoms with van der Waals surface area (Å²) in [5.41, 5.74) is 1.54. The molecule has 0 aliphatic rings. The van der Waals surface area contributed by atoms with Crippen molar-refractivity contribution in [1.82, 2.24) is 14.9 Å². The zero-order chi connectivity index (χ0) is 12.3. The Morgan fingerprint density at radius 1 is 1.31 bits per heavy atom. The Kier molecular flexibility index (Phi) is 3.65. The molecule has 6 nitrogen and oxygen atoms in total. The highest BCUT2D eigenvalue weighted by Crippen LogP contribution is 2.19. The summed E-state index contributed by atoms with van der Waals surface area (Å²) < 4.78 is 5.13. The van der Waals surface area contributed by atoms with Gasteiger partial charge in [-0.2, -0.15) is 4.98 Å². The van der Waals surface area contributed by atoms with Crippen LogP contribution in [0.2, 0.25) is 0 Å². The van der Waals surface area contributed by atoms with Crippen LogP contribution in [0.3, 0.4) is 0 Å². The Bertz CT molecular complexity index is 404. The molecular weight excluding hydrogens is 208 g/mol. The molecule has 1 N–H and O–H groups in total. The van der Waals surface area contributed by atoms with Gasteiger partial charge in [0.05, 0.1) is 0 Å². The highest BCUT2D eigenvalue weighted by Gasteiger charge is 2.13. The van der Waals surface area contributed by atoms with Crippen LogP contribution in [0.4, 0.5) is 10.7 Å². The monoisotopic (exact) mass is 224 g/mol. The fourth-order valence-corrected chi connectivity index (χ4v) is 0.988. The predicted molar refractivity (Wildman–Crippen MR) is 60.8 cm³/mol. The smallest absolute Gasteiger partial charge is 0.391 e. The van der Waals surface area contributed by atoms with Crippen molar-refractivity contribution in [1.29, 1.82) is 0 Å². The topological polar surface area (TPSA) is 67.4 Å². The lowest BCUT2D eigenvalue weighted by Gasteiger charge is -2.13. The van der Waals surface area contributed by atoms with Gasteiger partial charge in [0.1, 0.15) is 0 Å². The molecule has 0 unspecified atom stereocenters. The van der Waals surface area contributed by atoms with Crippen LogP contribution in [-0.4, -0.2) is 42.1 Å². The molecule has 0 aromatic carbocycles. The van der Waals surface area contributed by atoms with Crippen LogP contribution >= 0.6 is 0 Å². The largest absolute Gasteiger partial charge is 0.416 e. The predicted octanol–water partition coefficient (Wildman–Crippen LogP) is 1.20. The molecule has 6 heteroatoms. The summed E-state index contributed by atoms with van der Waals surface area (Å²) in [5.74, 6) is 0.722. The zero-order valence-electron chi connectivity index (χ0n) is 10.2. The molecule has 0 fully saturated rings. The number of rotatable bonds is 2. The number of aromatic nitrogens is 2. The van der Waals surface area contributed by atoms with E-state index in [1.54, 1.807) is 21.1 Å². The maximum absolute atomic E-state index is 11.4. The lowest BCUT2D eigenvalue weighted by atomic mass is 10.2. The molecule has 1 aromatic heterocycles. The molecule has 1 rings (SSSR count). The van der Waals surface area contributed by atoms with Gasteiger partial charge in [0.25, 0.3) is 0 Å². The summed E-state index contributed by atoms with van der Waals surface area (Å²) >= 11 is 0. The van der Waals surface area contributed by atoms with Crippen LogP contribution in [-0.2, 0) is 0 Å². The van der Waals surface area contributed by atoms with Crippen molar-refractivity contribution in [3.63, 3.8) is 0 Å². The number of aryl methyl sites for hydroxylation is 1. The molecule has 0 bridgehead atoms. The molecular formula is C10H16N4O2. The minimum atomic E-state index is -0.455. The van der Waals surface area contributed by atoms with Gasteiger partial charge < -0.3 is 15.0 Å². The average molecular weight is 224 g/mol.